The number of ether oxygens (including phenoxy) is 3. The quantitative estimate of drug-likeness (QED) is 0.762. The Balaban J connectivity index is 1.84. The van der Waals surface area contributed by atoms with Crippen molar-refractivity contribution in [2.24, 2.45) is 4.99 Å². The van der Waals surface area contributed by atoms with Crippen molar-refractivity contribution in [1.82, 2.24) is 10.6 Å². The van der Waals surface area contributed by atoms with E-state index in [1.807, 2.05) is 24.3 Å². The third-order valence-corrected chi connectivity index (χ3v) is 4.85. The van der Waals surface area contributed by atoms with Crippen LogP contribution in [-0.2, 0) is 11.2 Å². The minimum absolute atomic E-state index is 0.106. The third-order valence-electron chi connectivity index (χ3n) is 4.85. The minimum atomic E-state index is -0.463. The van der Waals surface area contributed by atoms with E-state index in [1.165, 1.54) is 39.0 Å². The maximum Gasteiger partial charge on any atom is 0.258 e. The molecule has 0 spiro atoms. The molecule has 0 saturated carbocycles. The monoisotopic (exact) mass is 411 g/mol. The number of aliphatic imine (C=N–C) groups is 1. The topological polar surface area (TPSA) is 98.3 Å². The molecule has 2 aromatic carbocycles. The molecule has 30 heavy (non-hydrogen) atoms. The highest BCUT2D eigenvalue weighted by molar-refractivity contribution is 6.11. The highest BCUT2D eigenvalue weighted by Gasteiger charge is 2.24. The third kappa shape index (κ3) is 4.53. The van der Waals surface area contributed by atoms with Gasteiger partial charge in [0.1, 0.15) is 0 Å². The molecule has 1 atom stereocenters. The lowest BCUT2D eigenvalue weighted by atomic mass is 10.0. The fourth-order valence-corrected chi connectivity index (χ4v) is 3.22. The summed E-state index contributed by atoms with van der Waals surface area (Å²) in [7, 11) is 4.43. The predicted molar refractivity (Wildman–Crippen MR) is 112 cm³/mol. The van der Waals surface area contributed by atoms with Gasteiger partial charge in [-0.2, -0.15) is 0 Å². The fourth-order valence-electron chi connectivity index (χ4n) is 3.22. The minimum Gasteiger partial charge on any atom is -0.493 e. The van der Waals surface area contributed by atoms with Crippen LogP contribution in [0.5, 0.6) is 17.2 Å². The molecule has 1 heterocycles. The number of methoxy groups -OCH3 is 3. The zero-order valence-electron chi connectivity index (χ0n) is 17.4. The number of aryl methyl sites for hydroxylation is 1. The van der Waals surface area contributed by atoms with E-state index >= 15 is 0 Å². The van der Waals surface area contributed by atoms with E-state index < -0.39 is 5.91 Å². The van der Waals surface area contributed by atoms with Gasteiger partial charge >= 0.3 is 0 Å². The molecule has 1 aliphatic rings. The summed E-state index contributed by atoms with van der Waals surface area (Å²) in [5.41, 5.74) is 2.40. The van der Waals surface area contributed by atoms with Gasteiger partial charge in [-0.25, -0.2) is 4.99 Å². The molecule has 3 rings (SSSR count). The van der Waals surface area contributed by atoms with Crippen LogP contribution in [0.3, 0.4) is 0 Å². The van der Waals surface area contributed by atoms with Gasteiger partial charge in [0.25, 0.3) is 5.91 Å². The van der Waals surface area contributed by atoms with Crippen LogP contribution in [-0.4, -0.2) is 39.1 Å². The van der Waals surface area contributed by atoms with Gasteiger partial charge in [0.15, 0.2) is 11.5 Å². The smallest absolute Gasteiger partial charge is 0.258 e. The fraction of sp³-hybridized carbons (Fsp3) is 0.318. The van der Waals surface area contributed by atoms with Crippen LogP contribution >= 0.6 is 0 Å². The van der Waals surface area contributed by atoms with Crippen molar-refractivity contribution in [2.45, 2.75) is 25.8 Å². The molecule has 8 nitrogen and oxygen atoms in total. The molecule has 0 aromatic heterocycles. The molecular weight excluding hydrogens is 386 g/mol. The maximum atomic E-state index is 12.8. The van der Waals surface area contributed by atoms with Crippen LogP contribution < -0.4 is 24.8 Å². The van der Waals surface area contributed by atoms with Gasteiger partial charge in [-0.15, -0.1) is 0 Å². The lowest BCUT2D eigenvalue weighted by molar-refractivity contribution is -0.120. The van der Waals surface area contributed by atoms with Crippen molar-refractivity contribution >= 4 is 17.8 Å². The van der Waals surface area contributed by atoms with Crippen molar-refractivity contribution in [1.29, 1.82) is 0 Å². The summed E-state index contributed by atoms with van der Waals surface area (Å²) in [6.45, 7) is 2.08. The molecule has 0 radical (unpaired) electrons. The molecule has 1 aliphatic heterocycles. The van der Waals surface area contributed by atoms with E-state index in [2.05, 4.69) is 22.5 Å². The molecule has 0 fully saturated rings. The molecule has 0 aliphatic carbocycles. The summed E-state index contributed by atoms with van der Waals surface area (Å²) in [6.07, 6.45) is 1.15. The van der Waals surface area contributed by atoms with Gasteiger partial charge in [0.05, 0.1) is 33.8 Å². The van der Waals surface area contributed by atoms with Crippen molar-refractivity contribution in [3.05, 3.63) is 53.1 Å². The molecule has 2 amide bonds. The number of carbonyl (C=O) groups excluding carboxylic acids is 2. The Kier molecular flexibility index (Phi) is 6.56. The summed E-state index contributed by atoms with van der Waals surface area (Å²) in [5.74, 6) is 0.520. The normalized spacial score (nSPS) is 15.7. The van der Waals surface area contributed by atoms with E-state index in [0.717, 1.165) is 12.0 Å². The summed E-state index contributed by atoms with van der Waals surface area (Å²) in [4.78, 5) is 29.5. The van der Waals surface area contributed by atoms with Crippen LogP contribution in [0.25, 0.3) is 0 Å². The van der Waals surface area contributed by atoms with Gasteiger partial charge in [-0.3, -0.25) is 20.2 Å². The molecule has 0 bridgehead atoms. The Morgan fingerprint density at radius 3 is 2.27 bits per heavy atom. The van der Waals surface area contributed by atoms with Crippen LogP contribution in [0.2, 0.25) is 0 Å². The molecule has 0 unspecified atom stereocenters. The average molecular weight is 411 g/mol. The summed E-state index contributed by atoms with van der Waals surface area (Å²) >= 11 is 0. The number of guanidine groups is 1. The first-order valence-electron chi connectivity index (χ1n) is 9.56. The number of nitrogens with one attached hydrogen (secondary N) is 2. The SMILES string of the molecule is CCc1ccc([C@@H]2CC(=O)NC(NC(=O)c3cc(OC)c(OC)c(OC)c3)=N2)cc1. The molecular formula is C22H25N3O5. The Labute approximate surface area is 175 Å². The van der Waals surface area contributed by atoms with E-state index in [4.69, 9.17) is 14.2 Å². The zero-order chi connectivity index (χ0) is 21.7. The Morgan fingerprint density at radius 1 is 1.10 bits per heavy atom. The second-order valence-corrected chi connectivity index (χ2v) is 6.71. The van der Waals surface area contributed by atoms with Crippen molar-refractivity contribution in [2.75, 3.05) is 21.3 Å². The van der Waals surface area contributed by atoms with Gasteiger partial charge in [0, 0.05) is 5.56 Å². The number of hydrogen-bond acceptors (Lipinski definition) is 6. The van der Waals surface area contributed by atoms with E-state index in [1.54, 1.807) is 0 Å². The Bertz CT molecular complexity index is 944. The van der Waals surface area contributed by atoms with E-state index in [9.17, 15) is 9.59 Å². The van der Waals surface area contributed by atoms with Crippen LogP contribution in [0.15, 0.2) is 41.4 Å². The van der Waals surface area contributed by atoms with Gasteiger partial charge in [0.2, 0.25) is 17.6 Å². The number of hydrogen-bond donors (Lipinski definition) is 2. The summed E-state index contributed by atoms with van der Waals surface area (Å²) < 4.78 is 15.8. The number of benzene rings is 2. The number of amides is 2. The molecule has 158 valence electrons. The van der Waals surface area contributed by atoms with Crippen LogP contribution in [0, 0.1) is 0 Å². The molecule has 0 saturated heterocycles. The molecule has 2 aromatic rings. The molecule has 8 heteroatoms. The predicted octanol–water partition coefficient (Wildman–Crippen LogP) is 2.62. The van der Waals surface area contributed by atoms with Crippen molar-refractivity contribution in [3.8, 4) is 17.2 Å². The zero-order valence-corrected chi connectivity index (χ0v) is 17.4. The lowest BCUT2D eigenvalue weighted by Crippen LogP contribution is -2.47. The van der Waals surface area contributed by atoms with Gasteiger partial charge in [-0.1, -0.05) is 31.2 Å². The average Bonchev–Trinajstić information content (AvgIpc) is 2.77. The van der Waals surface area contributed by atoms with E-state index in [0.29, 0.717) is 17.2 Å². The molecule has 2 N–H and O–H groups in total. The van der Waals surface area contributed by atoms with E-state index in [-0.39, 0.29) is 29.9 Å². The second-order valence-electron chi connectivity index (χ2n) is 6.71. The lowest BCUT2D eigenvalue weighted by Gasteiger charge is -2.22. The number of rotatable bonds is 6. The van der Waals surface area contributed by atoms with Crippen LogP contribution in [0.4, 0.5) is 0 Å². The van der Waals surface area contributed by atoms with Crippen molar-refractivity contribution < 1.29 is 23.8 Å². The highest BCUT2D eigenvalue weighted by Crippen LogP contribution is 2.38. The number of carbonyl (C=O) groups is 2. The first-order valence-corrected chi connectivity index (χ1v) is 9.56. The summed E-state index contributed by atoms with van der Waals surface area (Å²) in [5, 5.41) is 5.27. The largest absolute Gasteiger partial charge is 0.493 e. The maximum absolute atomic E-state index is 12.8. The number of nitrogens with zero attached hydrogens (tertiary/aromatic N) is 1. The first-order chi connectivity index (χ1) is 14.5. The Hall–Kier alpha value is -3.55. The second kappa shape index (κ2) is 9.30. The van der Waals surface area contributed by atoms with Gasteiger partial charge < -0.3 is 14.2 Å². The van der Waals surface area contributed by atoms with Gasteiger partial charge in [-0.05, 0) is 29.7 Å². The summed E-state index contributed by atoms with van der Waals surface area (Å²) in [6, 6.07) is 10.7. The van der Waals surface area contributed by atoms with Crippen molar-refractivity contribution in [3.63, 3.8) is 0 Å². The van der Waals surface area contributed by atoms with Crippen LogP contribution in [0.1, 0.15) is 40.9 Å². The standard InChI is InChI=1S/C22H25N3O5/c1-5-13-6-8-14(9-7-13)16-12-19(26)24-22(23-16)25-21(27)15-10-17(28-2)20(30-4)18(11-15)29-3/h6-11,16H,5,12H2,1-4H3,(H2,23,24,25,26,27)/t16-/m0/s1. The highest BCUT2D eigenvalue weighted by atomic mass is 16.5. The Morgan fingerprint density at radius 2 is 1.73 bits per heavy atom. The first kappa shape index (κ1) is 21.2.